The average Bonchev–Trinajstić information content (AvgIpc) is 2.84. The number of phenols is 1. The van der Waals surface area contributed by atoms with Crippen LogP contribution >= 0.6 is 35.6 Å². The highest BCUT2D eigenvalue weighted by Gasteiger charge is 2.33. The fourth-order valence-corrected chi connectivity index (χ4v) is 3.66. The van der Waals surface area contributed by atoms with Crippen LogP contribution < -0.4 is 9.64 Å². The van der Waals surface area contributed by atoms with Gasteiger partial charge in [0.25, 0.3) is 5.91 Å². The molecule has 1 fully saturated rings. The summed E-state index contributed by atoms with van der Waals surface area (Å²) in [6.45, 7) is 0. The Hall–Kier alpha value is -2.02. The van der Waals surface area contributed by atoms with Crippen LogP contribution in [0.5, 0.6) is 11.5 Å². The Balaban J connectivity index is 1.95. The lowest BCUT2D eigenvalue weighted by Gasteiger charge is -2.14. The predicted octanol–water partition coefficient (Wildman–Crippen LogP) is 4.46. The van der Waals surface area contributed by atoms with Gasteiger partial charge in [0, 0.05) is 10.6 Å². The molecule has 0 aliphatic carbocycles. The molecule has 7 heteroatoms. The summed E-state index contributed by atoms with van der Waals surface area (Å²) in [4.78, 5) is 14.5. The fourth-order valence-electron chi connectivity index (χ4n) is 2.24. The minimum atomic E-state index is -0.241. The van der Waals surface area contributed by atoms with Gasteiger partial charge in [-0.2, -0.15) is 0 Å². The number of anilines is 1. The topological polar surface area (TPSA) is 49.8 Å². The lowest BCUT2D eigenvalue weighted by Crippen LogP contribution is -2.27. The van der Waals surface area contributed by atoms with Crippen molar-refractivity contribution < 1.29 is 14.6 Å². The van der Waals surface area contributed by atoms with E-state index in [4.69, 9.17) is 28.6 Å². The molecule has 1 aliphatic rings. The van der Waals surface area contributed by atoms with Crippen LogP contribution in [-0.2, 0) is 4.79 Å². The molecule has 0 aromatic heterocycles. The first kappa shape index (κ1) is 16.8. The molecule has 0 spiro atoms. The van der Waals surface area contributed by atoms with Crippen molar-refractivity contribution in [3.05, 3.63) is 58.0 Å². The molecule has 2 aromatic rings. The number of ether oxygens (including phenoxy) is 1. The number of carbonyl (C=O) groups excluding carboxylic acids is 1. The van der Waals surface area contributed by atoms with Crippen LogP contribution in [0, 0.1) is 0 Å². The van der Waals surface area contributed by atoms with E-state index in [0.717, 1.165) is 0 Å². The summed E-state index contributed by atoms with van der Waals surface area (Å²) in [6.07, 6.45) is 1.60. The minimum absolute atomic E-state index is 0.0169. The van der Waals surface area contributed by atoms with Gasteiger partial charge >= 0.3 is 0 Å². The van der Waals surface area contributed by atoms with Gasteiger partial charge in [0.1, 0.15) is 0 Å². The van der Waals surface area contributed by atoms with Crippen LogP contribution in [0.25, 0.3) is 6.08 Å². The zero-order valence-electron chi connectivity index (χ0n) is 12.5. The zero-order chi connectivity index (χ0) is 17.3. The summed E-state index contributed by atoms with van der Waals surface area (Å²) in [5.74, 6) is 0.0863. The van der Waals surface area contributed by atoms with E-state index in [0.29, 0.717) is 31.2 Å². The van der Waals surface area contributed by atoms with E-state index < -0.39 is 0 Å². The maximum Gasteiger partial charge on any atom is 0.270 e. The van der Waals surface area contributed by atoms with E-state index in [9.17, 15) is 9.90 Å². The number of methoxy groups -OCH3 is 1. The van der Waals surface area contributed by atoms with Crippen molar-refractivity contribution >= 4 is 57.6 Å². The molecule has 0 bridgehead atoms. The van der Waals surface area contributed by atoms with Crippen LogP contribution in [0.3, 0.4) is 0 Å². The molecule has 1 saturated heterocycles. The van der Waals surface area contributed by atoms with Crippen LogP contribution in [0.2, 0.25) is 5.02 Å². The van der Waals surface area contributed by atoms with E-state index in [-0.39, 0.29) is 11.7 Å². The van der Waals surface area contributed by atoms with Gasteiger partial charge in [0.15, 0.2) is 15.8 Å². The largest absolute Gasteiger partial charge is 0.504 e. The monoisotopic (exact) mass is 377 g/mol. The number of para-hydroxylation sites is 1. The number of halogens is 1. The number of carbonyl (C=O) groups is 1. The Labute approximate surface area is 153 Å². The third kappa shape index (κ3) is 3.13. The lowest BCUT2D eigenvalue weighted by atomic mass is 10.1. The normalized spacial score (nSPS) is 16.1. The first-order chi connectivity index (χ1) is 11.5. The highest BCUT2D eigenvalue weighted by Crippen LogP contribution is 2.38. The van der Waals surface area contributed by atoms with Gasteiger partial charge in [-0.15, -0.1) is 0 Å². The summed E-state index contributed by atoms with van der Waals surface area (Å²) in [5.41, 5.74) is 1.14. The quantitative estimate of drug-likeness (QED) is 0.632. The van der Waals surface area contributed by atoms with Gasteiger partial charge in [-0.3, -0.25) is 9.69 Å². The van der Waals surface area contributed by atoms with Gasteiger partial charge in [0.05, 0.1) is 17.7 Å². The highest BCUT2D eigenvalue weighted by molar-refractivity contribution is 8.27. The van der Waals surface area contributed by atoms with Gasteiger partial charge in [-0.25, -0.2) is 0 Å². The van der Waals surface area contributed by atoms with Gasteiger partial charge in [-0.1, -0.05) is 47.7 Å². The number of amides is 1. The standard InChI is InChI=1S/C17H12ClNO3S2/c1-22-13-4-2-3-10(15(13)20)9-14-16(21)19(17(23)24-14)12-7-5-11(18)6-8-12/h2-9,20H,1H3/b14-9-. The molecule has 3 rings (SSSR count). The first-order valence-corrected chi connectivity index (χ1v) is 8.51. The third-order valence-electron chi connectivity index (χ3n) is 3.42. The molecular formula is C17H12ClNO3S2. The van der Waals surface area contributed by atoms with Gasteiger partial charge < -0.3 is 9.84 Å². The molecule has 0 saturated carbocycles. The molecule has 0 unspecified atom stereocenters. The molecule has 122 valence electrons. The summed E-state index contributed by atoms with van der Waals surface area (Å²) >= 11 is 12.4. The Kier molecular flexibility index (Phi) is 4.80. The maximum atomic E-state index is 12.7. The number of phenolic OH excluding ortho intramolecular Hbond substituents is 1. The van der Waals surface area contributed by atoms with Crippen molar-refractivity contribution in [2.24, 2.45) is 0 Å². The number of nitrogens with zero attached hydrogens (tertiary/aromatic N) is 1. The van der Waals surface area contributed by atoms with Crippen LogP contribution in [-0.4, -0.2) is 22.4 Å². The molecule has 4 nitrogen and oxygen atoms in total. The number of rotatable bonds is 3. The average molecular weight is 378 g/mol. The second-order valence-corrected chi connectivity index (χ2v) is 7.00. The van der Waals surface area contributed by atoms with Crippen molar-refractivity contribution in [2.45, 2.75) is 0 Å². The molecule has 0 atom stereocenters. The zero-order valence-corrected chi connectivity index (χ0v) is 14.9. The number of hydrogen-bond donors (Lipinski definition) is 1. The van der Waals surface area contributed by atoms with Gasteiger partial charge in [0.2, 0.25) is 0 Å². The summed E-state index contributed by atoms with van der Waals surface area (Å²) < 4.78 is 5.51. The second-order valence-electron chi connectivity index (χ2n) is 4.89. The number of thiocarbonyl (C=S) groups is 1. The van der Waals surface area contributed by atoms with Crippen LogP contribution in [0.15, 0.2) is 47.4 Å². The van der Waals surface area contributed by atoms with Crippen molar-refractivity contribution in [1.82, 2.24) is 0 Å². The fraction of sp³-hybridized carbons (Fsp3) is 0.0588. The van der Waals surface area contributed by atoms with E-state index in [1.165, 1.54) is 23.8 Å². The predicted molar refractivity (Wildman–Crippen MR) is 102 cm³/mol. The third-order valence-corrected chi connectivity index (χ3v) is 4.97. The van der Waals surface area contributed by atoms with Crippen molar-refractivity contribution in [3.8, 4) is 11.5 Å². The SMILES string of the molecule is COc1cccc(/C=C2\SC(=S)N(c3ccc(Cl)cc3)C2=O)c1O. The molecular weight excluding hydrogens is 366 g/mol. The molecule has 24 heavy (non-hydrogen) atoms. The van der Waals surface area contributed by atoms with E-state index in [1.807, 2.05) is 0 Å². The molecule has 1 aliphatic heterocycles. The van der Waals surface area contributed by atoms with Crippen molar-refractivity contribution in [3.63, 3.8) is 0 Å². The molecule has 2 aromatic carbocycles. The Morgan fingerprint density at radius 2 is 1.96 bits per heavy atom. The Bertz CT molecular complexity index is 849. The van der Waals surface area contributed by atoms with E-state index in [2.05, 4.69) is 0 Å². The van der Waals surface area contributed by atoms with Crippen LogP contribution in [0.1, 0.15) is 5.56 Å². The second kappa shape index (κ2) is 6.84. The lowest BCUT2D eigenvalue weighted by molar-refractivity contribution is -0.113. The maximum absolute atomic E-state index is 12.7. The summed E-state index contributed by atoms with van der Waals surface area (Å²) in [7, 11) is 1.47. The van der Waals surface area contributed by atoms with Crippen molar-refractivity contribution in [2.75, 3.05) is 12.0 Å². The van der Waals surface area contributed by atoms with E-state index >= 15 is 0 Å². The Morgan fingerprint density at radius 1 is 1.25 bits per heavy atom. The molecule has 0 radical (unpaired) electrons. The molecule has 1 N–H and O–H groups in total. The number of aromatic hydroxyl groups is 1. The van der Waals surface area contributed by atoms with Crippen LogP contribution in [0.4, 0.5) is 5.69 Å². The number of thioether (sulfide) groups is 1. The first-order valence-electron chi connectivity index (χ1n) is 6.91. The van der Waals surface area contributed by atoms with E-state index in [1.54, 1.807) is 48.5 Å². The Morgan fingerprint density at radius 3 is 2.62 bits per heavy atom. The number of benzene rings is 2. The van der Waals surface area contributed by atoms with Gasteiger partial charge in [-0.05, 0) is 36.4 Å². The summed E-state index contributed by atoms with van der Waals surface area (Å²) in [6, 6.07) is 12.0. The molecule has 1 heterocycles. The smallest absolute Gasteiger partial charge is 0.270 e. The molecule has 1 amide bonds. The summed E-state index contributed by atoms with van der Waals surface area (Å²) in [5, 5.41) is 10.7. The minimum Gasteiger partial charge on any atom is -0.504 e. The highest BCUT2D eigenvalue weighted by atomic mass is 35.5. The number of hydrogen-bond acceptors (Lipinski definition) is 5. The van der Waals surface area contributed by atoms with Crippen molar-refractivity contribution in [1.29, 1.82) is 0 Å².